The summed E-state index contributed by atoms with van der Waals surface area (Å²) in [6.07, 6.45) is 1.95. The van der Waals surface area contributed by atoms with Crippen LogP contribution in [0.5, 0.6) is 0 Å². The molecule has 0 saturated heterocycles. The molecule has 1 aromatic rings. The Bertz CT molecular complexity index is 609. The molecule has 1 fully saturated rings. The van der Waals surface area contributed by atoms with Crippen LogP contribution in [0.3, 0.4) is 0 Å². The standard InChI is InChI=1S/C11H13BrN2O3S/c1-6-4-7(11(15)14-8-2-3-8)5-9(10(6)12)18(13,16)17/h4-5,8H,2-3H2,1H3,(H,14,15)(H2,13,16,17). The van der Waals surface area contributed by atoms with Crippen LogP contribution in [0, 0.1) is 6.92 Å². The number of carbonyl (C=O) groups excluding carboxylic acids is 1. The first kappa shape index (κ1) is 13.5. The Balaban J connectivity index is 2.43. The molecule has 18 heavy (non-hydrogen) atoms. The molecule has 98 valence electrons. The van der Waals surface area contributed by atoms with Crippen molar-refractivity contribution in [3.05, 3.63) is 27.7 Å². The van der Waals surface area contributed by atoms with E-state index in [2.05, 4.69) is 21.2 Å². The average Bonchev–Trinajstić information content (AvgIpc) is 3.03. The molecule has 3 N–H and O–H groups in total. The van der Waals surface area contributed by atoms with Gasteiger partial charge in [0, 0.05) is 16.1 Å². The Hall–Kier alpha value is -0.920. The molecular formula is C11H13BrN2O3S. The lowest BCUT2D eigenvalue weighted by Gasteiger charge is -2.09. The summed E-state index contributed by atoms with van der Waals surface area (Å²) in [7, 11) is -3.85. The lowest BCUT2D eigenvalue weighted by atomic mass is 10.1. The van der Waals surface area contributed by atoms with Gasteiger partial charge in [0.1, 0.15) is 0 Å². The van der Waals surface area contributed by atoms with Crippen LogP contribution in [0.2, 0.25) is 0 Å². The van der Waals surface area contributed by atoms with Crippen LogP contribution in [0.1, 0.15) is 28.8 Å². The second kappa shape index (κ2) is 4.64. The summed E-state index contributed by atoms with van der Waals surface area (Å²) in [5, 5.41) is 7.93. The largest absolute Gasteiger partial charge is 0.349 e. The molecule has 0 radical (unpaired) electrons. The molecule has 0 aliphatic heterocycles. The number of nitrogens with two attached hydrogens (primary N) is 1. The van der Waals surface area contributed by atoms with E-state index in [1.807, 2.05) is 0 Å². The molecule has 1 aliphatic rings. The lowest BCUT2D eigenvalue weighted by Crippen LogP contribution is -2.26. The Morgan fingerprint density at radius 2 is 2.06 bits per heavy atom. The number of sulfonamides is 1. The van der Waals surface area contributed by atoms with Crippen LogP contribution in [0.15, 0.2) is 21.5 Å². The number of hydrogen-bond donors (Lipinski definition) is 2. The van der Waals surface area contributed by atoms with Crippen molar-refractivity contribution in [2.75, 3.05) is 0 Å². The first-order chi connectivity index (χ1) is 8.29. The fourth-order valence-corrected chi connectivity index (χ4v) is 3.18. The summed E-state index contributed by atoms with van der Waals surface area (Å²) in [4.78, 5) is 11.8. The van der Waals surface area contributed by atoms with Gasteiger partial charge in [-0.2, -0.15) is 0 Å². The smallest absolute Gasteiger partial charge is 0.251 e. The SMILES string of the molecule is Cc1cc(C(=O)NC2CC2)cc(S(N)(=O)=O)c1Br. The number of carbonyl (C=O) groups is 1. The highest BCUT2D eigenvalue weighted by atomic mass is 79.9. The molecule has 5 nitrogen and oxygen atoms in total. The number of halogens is 1. The van der Waals surface area contributed by atoms with Gasteiger partial charge >= 0.3 is 0 Å². The predicted molar refractivity (Wildman–Crippen MR) is 70.7 cm³/mol. The van der Waals surface area contributed by atoms with Crippen molar-refractivity contribution < 1.29 is 13.2 Å². The summed E-state index contributed by atoms with van der Waals surface area (Å²) in [6, 6.07) is 3.15. The van der Waals surface area contributed by atoms with Gasteiger partial charge in [-0.15, -0.1) is 0 Å². The molecule has 0 aromatic heterocycles. The van der Waals surface area contributed by atoms with Gasteiger partial charge in [-0.1, -0.05) is 0 Å². The third-order valence-corrected chi connectivity index (χ3v) is 4.95. The van der Waals surface area contributed by atoms with E-state index in [0.29, 0.717) is 15.6 Å². The molecule has 2 rings (SSSR count). The zero-order chi connectivity index (χ0) is 13.5. The molecule has 0 spiro atoms. The van der Waals surface area contributed by atoms with E-state index >= 15 is 0 Å². The second-order valence-corrected chi connectivity index (χ2v) is 6.72. The van der Waals surface area contributed by atoms with Gasteiger partial charge in [-0.3, -0.25) is 4.79 Å². The summed E-state index contributed by atoms with van der Waals surface area (Å²) < 4.78 is 23.3. The highest BCUT2D eigenvalue weighted by Crippen LogP contribution is 2.27. The minimum absolute atomic E-state index is 0.0663. The van der Waals surface area contributed by atoms with E-state index < -0.39 is 10.0 Å². The molecule has 0 atom stereocenters. The van der Waals surface area contributed by atoms with Crippen molar-refractivity contribution in [3.63, 3.8) is 0 Å². The van der Waals surface area contributed by atoms with E-state index in [1.165, 1.54) is 6.07 Å². The van der Waals surface area contributed by atoms with Crippen LogP contribution in [0.4, 0.5) is 0 Å². The zero-order valence-corrected chi connectivity index (χ0v) is 12.1. The first-order valence-electron chi connectivity index (χ1n) is 5.43. The van der Waals surface area contributed by atoms with E-state index in [4.69, 9.17) is 5.14 Å². The van der Waals surface area contributed by atoms with Crippen LogP contribution >= 0.6 is 15.9 Å². The van der Waals surface area contributed by atoms with Gasteiger partial charge in [-0.25, -0.2) is 13.6 Å². The molecule has 1 aromatic carbocycles. The maximum absolute atomic E-state index is 11.9. The monoisotopic (exact) mass is 332 g/mol. The molecular weight excluding hydrogens is 320 g/mol. The van der Waals surface area contributed by atoms with Gasteiger partial charge in [-0.05, 0) is 53.4 Å². The molecule has 1 saturated carbocycles. The van der Waals surface area contributed by atoms with E-state index in [-0.39, 0.29) is 16.8 Å². The van der Waals surface area contributed by atoms with Crippen LogP contribution in [-0.2, 0) is 10.0 Å². The average molecular weight is 333 g/mol. The Morgan fingerprint density at radius 1 is 1.44 bits per heavy atom. The normalized spacial score (nSPS) is 15.5. The van der Waals surface area contributed by atoms with Crippen LogP contribution in [0.25, 0.3) is 0 Å². The molecule has 0 unspecified atom stereocenters. The molecule has 0 heterocycles. The quantitative estimate of drug-likeness (QED) is 0.874. The van der Waals surface area contributed by atoms with E-state index in [0.717, 1.165) is 12.8 Å². The van der Waals surface area contributed by atoms with Crippen molar-refractivity contribution in [2.24, 2.45) is 5.14 Å². The summed E-state index contributed by atoms with van der Waals surface area (Å²) in [5.41, 5.74) is 0.967. The molecule has 1 aliphatic carbocycles. The number of rotatable bonds is 3. The predicted octanol–water partition coefficient (Wildman–Crippen LogP) is 1.30. The number of aryl methyl sites for hydroxylation is 1. The molecule has 1 amide bonds. The van der Waals surface area contributed by atoms with E-state index in [1.54, 1.807) is 13.0 Å². The summed E-state index contributed by atoms with van der Waals surface area (Å²) in [6.45, 7) is 1.71. The fourth-order valence-electron chi connectivity index (χ4n) is 1.57. The minimum Gasteiger partial charge on any atom is -0.349 e. The van der Waals surface area contributed by atoms with Gasteiger partial charge < -0.3 is 5.32 Å². The van der Waals surface area contributed by atoms with Crippen molar-refractivity contribution >= 4 is 31.9 Å². The maximum atomic E-state index is 11.9. The molecule has 0 bridgehead atoms. The van der Waals surface area contributed by atoms with Crippen LogP contribution < -0.4 is 10.5 Å². The summed E-state index contributed by atoms with van der Waals surface area (Å²) >= 11 is 3.17. The van der Waals surface area contributed by atoms with Crippen molar-refractivity contribution in [3.8, 4) is 0 Å². The number of hydrogen-bond acceptors (Lipinski definition) is 3. The fraction of sp³-hybridized carbons (Fsp3) is 0.364. The van der Waals surface area contributed by atoms with Crippen molar-refractivity contribution in [1.82, 2.24) is 5.32 Å². The van der Waals surface area contributed by atoms with Crippen molar-refractivity contribution in [1.29, 1.82) is 0 Å². The van der Waals surface area contributed by atoms with Gasteiger partial charge in [0.25, 0.3) is 5.91 Å². The number of benzene rings is 1. The van der Waals surface area contributed by atoms with Crippen molar-refractivity contribution in [2.45, 2.75) is 30.7 Å². The summed E-state index contributed by atoms with van der Waals surface area (Å²) in [5.74, 6) is -0.266. The highest BCUT2D eigenvalue weighted by Gasteiger charge is 2.25. The second-order valence-electron chi connectivity index (χ2n) is 4.40. The molecule has 7 heteroatoms. The first-order valence-corrected chi connectivity index (χ1v) is 7.77. The Morgan fingerprint density at radius 3 is 2.56 bits per heavy atom. The van der Waals surface area contributed by atoms with Gasteiger partial charge in [0.05, 0.1) is 4.90 Å². The third kappa shape index (κ3) is 2.90. The van der Waals surface area contributed by atoms with Gasteiger partial charge in [0.2, 0.25) is 10.0 Å². The number of amides is 1. The van der Waals surface area contributed by atoms with E-state index in [9.17, 15) is 13.2 Å². The lowest BCUT2D eigenvalue weighted by molar-refractivity contribution is 0.0950. The minimum atomic E-state index is -3.85. The van der Waals surface area contributed by atoms with Crippen LogP contribution in [-0.4, -0.2) is 20.4 Å². The highest BCUT2D eigenvalue weighted by molar-refractivity contribution is 9.10. The zero-order valence-electron chi connectivity index (χ0n) is 9.73. The number of nitrogens with one attached hydrogen (secondary N) is 1. The third-order valence-electron chi connectivity index (χ3n) is 2.70. The Kier molecular flexibility index (Phi) is 3.48. The van der Waals surface area contributed by atoms with Gasteiger partial charge in [0.15, 0.2) is 0 Å². The topological polar surface area (TPSA) is 89.3 Å². The Labute approximate surface area is 114 Å². The maximum Gasteiger partial charge on any atom is 0.251 e. The number of primary sulfonamides is 1.